The van der Waals surface area contributed by atoms with Gasteiger partial charge < -0.3 is 10.6 Å². The molecule has 0 atom stereocenters. The first-order valence-corrected chi connectivity index (χ1v) is 8.33. The van der Waals surface area contributed by atoms with Crippen LogP contribution in [0.3, 0.4) is 0 Å². The second kappa shape index (κ2) is 7.78. The molecule has 0 saturated heterocycles. The lowest BCUT2D eigenvalue weighted by atomic mass is 10.1. The maximum Gasteiger partial charge on any atom is 0.274 e. The number of nitrogens with zero attached hydrogens (tertiary/aromatic N) is 1. The molecule has 3 aromatic rings. The predicted molar refractivity (Wildman–Crippen MR) is 102 cm³/mol. The van der Waals surface area contributed by atoms with Gasteiger partial charge in [0.05, 0.1) is 0 Å². The number of aryl methyl sites for hydroxylation is 2. The van der Waals surface area contributed by atoms with Crippen molar-refractivity contribution in [2.45, 2.75) is 13.8 Å². The molecule has 136 valence electrons. The molecule has 3 rings (SSSR count). The summed E-state index contributed by atoms with van der Waals surface area (Å²) >= 11 is 0. The van der Waals surface area contributed by atoms with Gasteiger partial charge in [-0.25, -0.2) is 4.39 Å². The average molecular weight is 363 g/mol. The molecular formula is C21H18FN3O2. The lowest BCUT2D eigenvalue weighted by molar-refractivity contribution is 0.102. The summed E-state index contributed by atoms with van der Waals surface area (Å²) in [5.74, 6) is -1.21. The molecule has 0 unspecified atom stereocenters. The van der Waals surface area contributed by atoms with Crippen LogP contribution < -0.4 is 10.6 Å². The highest BCUT2D eigenvalue weighted by molar-refractivity contribution is 6.07. The molecule has 0 fully saturated rings. The minimum Gasteiger partial charge on any atom is -0.322 e. The molecule has 0 aliphatic carbocycles. The van der Waals surface area contributed by atoms with Crippen LogP contribution in [0.1, 0.15) is 32.0 Å². The number of hydrogen-bond donors (Lipinski definition) is 2. The molecule has 5 nitrogen and oxygen atoms in total. The number of aromatic nitrogens is 1. The van der Waals surface area contributed by atoms with E-state index in [1.807, 2.05) is 32.0 Å². The molecule has 1 aromatic heterocycles. The van der Waals surface area contributed by atoms with E-state index in [0.29, 0.717) is 11.4 Å². The number of pyridine rings is 1. The van der Waals surface area contributed by atoms with Gasteiger partial charge in [-0.2, -0.15) is 0 Å². The number of carbonyl (C=O) groups is 2. The van der Waals surface area contributed by atoms with E-state index < -0.39 is 11.8 Å². The summed E-state index contributed by atoms with van der Waals surface area (Å²) in [5.41, 5.74) is 3.59. The third kappa shape index (κ3) is 4.76. The minimum absolute atomic E-state index is 0.126. The zero-order valence-corrected chi connectivity index (χ0v) is 14.9. The monoisotopic (exact) mass is 363 g/mol. The van der Waals surface area contributed by atoms with Crippen LogP contribution in [0.2, 0.25) is 0 Å². The van der Waals surface area contributed by atoms with Gasteiger partial charge in [-0.3, -0.25) is 14.6 Å². The maximum atomic E-state index is 13.0. The van der Waals surface area contributed by atoms with E-state index in [9.17, 15) is 14.0 Å². The zero-order chi connectivity index (χ0) is 19.4. The van der Waals surface area contributed by atoms with Crippen LogP contribution in [0.4, 0.5) is 15.8 Å². The summed E-state index contributed by atoms with van der Waals surface area (Å²) in [4.78, 5) is 28.9. The van der Waals surface area contributed by atoms with E-state index in [1.165, 1.54) is 42.6 Å². The number of rotatable bonds is 4. The smallest absolute Gasteiger partial charge is 0.274 e. The van der Waals surface area contributed by atoms with Gasteiger partial charge in [-0.05, 0) is 73.5 Å². The summed E-state index contributed by atoms with van der Waals surface area (Å²) in [6.07, 6.45) is 1.40. The number of amides is 2. The van der Waals surface area contributed by atoms with Crippen molar-refractivity contribution < 1.29 is 14.0 Å². The third-order valence-electron chi connectivity index (χ3n) is 3.84. The predicted octanol–water partition coefficient (Wildman–Crippen LogP) is 4.34. The van der Waals surface area contributed by atoms with Crippen LogP contribution in [0.25, 0.3) is 0 Å². The first kappa shape index (κ1) is 18.3. The Morgan fingerprint density at radius 1 is 0.815 bits per heavy atom. The van der Waals surface area contributed by atoms with E-state index in [0.717, 1.165) is 11.1 Å². The Labute approximate surface area is 156 Å². The number of benzene rings is 2. The van der Waals surface area contributed by atoms with Gasteiger partial charge in [0.2, 0.25) is 0 Å². The Hall–Kier alpha value is -3.54. The molecule has 0 aliphatic heterocycles. The third-order valence-corrected chi connectivity index (χ3v) is 3.84. The van der Waals surface area contributed by atoms with Crippen LogP contribution in [-0.2, 0) is 0 Å². The van der Waals surface area contributed by atoms with Crippen molar-refractivity contribution in [3.05, 3.63) is 89.0 Å². The Kier molecular flexibility index (Phi) is 5.26. The Morgan fingerprint density at radius 2 is 1.44 bits per heavy atom. The molecular weight excluding hydrogens is 345 g/mol. The lowest BCUT2D eigenvalue weighted by Gasteiger charge is -2.09. The summed E-state index contributed by atoms with van der Waals surface area (Å²) in [6.45, 7) is 3.89. The standard InChI is InChI=1S/C21H18FN3O2/c1-13-9-14(2)11-18(10-13)25-21(27)19-12-15(7-8-23-19)20(26)24-17-5-3-16(22)4-6-17/h3-12H,1-2H3,(H,24,26)(H,25,27). The Morgan fingerprint density at radius 3 is 2.11 bits per heavy atom. The number of halogens is 1. The van der Waals surface area contributed by atoms with E-state index in [2.05, 4.69) is 15.6 Å². The summed E-state index contributed by atoms with van der Waals surface area (Å²) in [6, 6.07) is 14.1. The van der Waals surface area contributed by atoms with Crippen molar-refractivity contribution in [1.29, 1.82) is 0 Å². The average Bonchev–Trinajstić information content (AvgIpc) is 2.63. The molecule has 2 amide bonds. The zero-order valence-electron chi connectivity index (χ0n) is 14.9. The van der Waals surface area contributed by atoms with Crippen LogP contribution in [0.5, 0.6) is 0 Å². The number of nitrogens with one attached hydrogen (secondary N) is 2. The normalized spacial score (nSPS) is 10.3. The molecule has 0 aliphatic rings. The summed E-state index contributed by atoms with van der Waals surface area (Å²) in [5, 5.41) is 5.44. The summed E-state index contributed by atoms with van der Waals surface area (Å²) < 4.78 is 13.0. The molecule has 0 saturated carbocycles. The van der Waals surface area contributed by atoms with Gasteiger partial charge in [-0.15, -0.1) is 0 Å². The Balaban J connectivity index is 1.75. The molecule has 0 radical (unpaired) electrons. The van der Waals surface area contributed by atoms with E-state index in [1.54, 1.807) is 0 Å². The molecule has 0 bridgehead atoms. The summed E-state index contributed by atoms with van der Waals surface area (Å²) in [7, 11) is 0. The molecule has 6 heteroatoms. The van der Waals surface area contributed by atoms with Crippen LogP contribution in [-0.4, -0.2) is 16.8 Å². The minimum atomic E-state index is -0.413. The van der Waals surface area contributed by atoms with Crippen molar-refractivity contribution >= 4 is 23.2 Å². The van der Waals surface area contributed by atoms with Crippen molar-refractivity contribution in [3.8, 4) is 0 Å². The highest BCUT2D eigenvalue weighted by Gasteiger charge is 2.13. The second-order valence-corrected chi connectivity index (χ2v) is 6.22. The largest absolute Gasteiger partial charge is 0.322 e. The van der Waals surface area contributed by atoms with Gasteiger partial charge in [0.1, 0.15) is 11.5 Å². The van der Waals surface area contributed by atoms with Crippen LogP contribution in [0.15, 0.2) is 60.8 Å². The maximum absolute atomic E-state index is 13.0. The highest BCUT2D eigenvalue weighted by atomic mass is 19.1. The Bertz CT molecular complexity index is 980. The molecule has 1 heterocycles. The molecule has 2 aromatic carbocycles. The van der Waals surface area contributed by atoms with Gasteiger partial charge >= 0.3 is 0 Å². The molecule has 2 N–H and O–H groups in total. The quantitative estimate of drug-likeness (QED) is 0.724. The van der Waals surface area contributed by atoms with Crippen molar-refractivity contribution in [2.24, 2.45) is 0 Å². The molecule has 0 spiro atoms. The van der Waals surface area contributed by atoms with Crippen molar-refractivity contribution in [1.82, 2.24) is 4.98 Å². The van der Waals surface area contributed by atoms with E-state index >= 15 is 0 Å². The van der Waals surface area contributed by atoms with E-state index in [4.69, 9.17) is 0 Å². The van der Waals surface area contributed by atoms with Crippen molar-refractivity contribution in [2.75, 3.05) is 10.6 Å². The van der Waals surface area contributed by atoms with Crippen molar-refractivity contribution in [3.63, 3.8) is 0 Å². The fourth-order valence-corrected chi connectivity index (χ4v) is 2.67. The first-order chi connectivity index (χ1) is 12.9. The van der Waals surface area contributed by atoms with Crippen LogP contribution in [0, 0.1) is 19.7 Å². The van der Waals surface area contributed by atoms with E-state index in [-0.39, 0.29) is 17.1 Å². The SMILES string of the molecule is Cc1cc(C)cc(NC(=O)c2cc(C(=O)Nc3ccc(F)cc3)ccn2)c1. The van der Waals surface area contributed by atoms with Gasteiger partial charge in [0.25, 0.3) is 11.8 Å². The van der Waals surface area contributed by atoms with Gasteiger partial charge in [-0.1, -0.05) is 6.07 Å². The first-order valence-electron chi connectivity index (χ1n) is 8.33. The number of anilines is 2. The van der Waals surface area contributed by atoms with Gasteiger partial charge in [0, 0.05) is 23.1 Å². The lowest BCUT2D eigenvalue weighted by Crippen LogP contribution is -2.17. The number of carbonyl (C=O) groups excluding carboxylic acids is 2. The second-order valence-electron chi connectivity index (χ2n) is 6.22. The van der Waals surface area contributed by atoms with Gasteiger partial charge in [0.15, 0.2) is 0 Å². The molecule has 27 heavy (non-hydrogen) atoms. The highest BCUT2D eigenvalue weighted by Crippen LogP contribution is 2.15. The topological polar surface area (TPSA) is 71.1 Å². The fraction of sp³-hybridized carbons (Fsp3) is 0.0952. The van der Waals surface area contributed by atoms with Crippen LogP contribution >= 0.6 is 0 Å². The number of hydrogen-bond acceptors (Lipinski definition) is 3. The fourth-order valence-electron chi connectivity index (χ4n) is 2.67.